The zero-order chi connectivity index (χ0) is 16.4. The Morgan fingerprint density at radius 3 is 2.64 bits per heavy atom. The molecule has 1 atom stereocenters. The van der Waals surface area contributed by atoms with Gasteiger partial charge in [0.2, 0.25) is 6.54 Å². The molecule has 0 amide bonds. The summed E-state index contributed by atoms with van der Waals surface area (Å²) < 4.78 is 5.01. The van der Waals surface area contributed by atoms with Gasteiger partial charge in [-0.15, -0.1) is 0 Å². The SMILES string of the molecule is CCOC(=O)CN(Cc1ccccc1)C(C)CCC[N+](=O)[O-]. The van der Waals surface area contributed by atoms with Crippen molar-refractivity contribution in [3.63, 3.8) is 0 Å². The smallest absolute Gasteiger partial charge is 0.320 e. The lowest BCUT2D eigenvalue weighted by Gasteiger charge is -2.28. The molecule has 0 aromatic heterocycles. The highest BCUT2D eigenvalue weighted by Crippen LogP contribution is 2.12. The molecule has 22 heavy (non-hydrogen) atoms. The molecule has 0 bridgehead atoms. The third-order valence-electron chi connectivity index (χ3n) is 3.45. The van der Waals surface area contributed by atoms with E-state index in [2.05, 4.69) is 0 Å². The van der Waals surface area contributed by atoms with Crippen molar-refractivity contribution in [2.45, 2.75) is 39.3 Å². The molecule has 0 fully saturated rings. The van der Waals surface area contributed by atoms with Gasteiger partial charge in [0.05, 0.1) is 13.2 Å². The van der Waals surface area contributed by atoms with Gasteiger partial charge in [-0.05, 0) is 25.8 Å². The third-order valence-corrected chi connectivity index (χ3v) is 3.45. The van der Waals surface area contributed by atoms with Crippen molar-refractivity contribution in [1.29, 1.82) is 0 Å². The number of hydrogen-bond donors (Lipinski definition) is 0. The first-order valence-electron chi connectivity index (χ1n) is 7.58. The van der Waals surface area contributed by atoms with Crippen molar-refractivity contribution in [3.05, 3.63) is 46.0 Å². The van der Waals surface area contributed by atoms with Gasteiger partial charge in [0.15, 0.2) is 0 Å². The molecule has 1 unspecified atom stereocenters. The molecule has 0 radical (unpaired) electrons. The fourth-order valence-corrected chi connectivity index (χ4v) is 2.26. The minimum absolute atomic E-state index is 0.0388. The monoisotopic (exact) mass is 308 g/mol. The van der Waals surface area contributed by atoms with Crippen molar-refractivity contribution < 1.29 is 14.5 Å². The van der Waals surface area contributed by atoms with Gasteiger partial charge in [-0.3, -0.25) is 19.8 Å². The highest BCUT2D eigenvalue weighted by molar-refractivity contribution is 5.71. The molecule has 0 saturated carbocycles. The van der Waals surface area contributed by atoms with Gasteiger partial charge in [-0.2, -0.15) is 0 Å². The zero-order valence-corrected chi connectivity index (χ0v) is 13.2. The molecule has 1 rings (SSSR count). The zero-order valence-electron chi connectivity index (χ0n) is 13.2. The number of ether oxygens (including phenoxy) is 1. The summed E-state index contributed by atoms with van der Waals surface area (Å²) in [5, 5.41) is 10.4. The van der Waals surface area contributed by atoms with Gasteiger partial charge in [0.25, 0.3) is 0 Å². The van der Waals surface area contributed by atoms with E-state index in [9.17, 15) is 14.9 Å². The van der Waals surface area contributed by atoms with E-state index in [4.69, 9.17) is 4.74 Å². The van der Waals surface area contributed by atoms with E-state index >= 15 is 0 Å². The molecule has 122 valence electrons. The van der Waals surface area contributed by atoms with Crippen molar-refractivity contribution in [2.24, 2.45) is 0 Å². The molecule has 0 heterocycles. The van der Waals surface area contributed by atoms with Crippen LogP contribution in [0.2, 0.25) is 0 Å². The van der Waals surface area contributed by atoms with Gasteiger partial charge in [-0.1, -0.05) is 30.3 Å². The maximum absolute atomic E-state index is 11.8. The number of hydrogen-bond acceptors (Lipinski definition) is 5. The summed E-state index contributed by atoms with van der Waals surface area (Å²) in [6.45, 7) is 4.90. The van der Waals surface area contributed by atoms with Crippen LogP contribution in [-0.4, -0.2) is 41.5 Å². The second-order valence-corrected chi connectivity index (χ2v) is 5.24. The molecule has 0 N–H and O–H groups in total. The van der Waals surface area contributed by atoms with Gasteiger partial charge in [0.1, 0.15) is 0 Å². The van der Waals surface area contributed by atoms with E-state index in [0.29, 0.717) is 26.0 Å². The molecule has 0 aliphatic rings. The Bertz CT molecular complexity index is 464. The number of esters is 1. The van der Waals surface area contributed by atoms with E-state index in [1.807, 2.05) is 42.2 Å². The van der Waals surface area contributed by atoms with Crippen LogP contribution in [0.25, 0.3) is 0 Å². The van der Waals surface area contributed by atoms with Crippen LogP contribution < -0.4 is 0 Å². The summed E-state index contributed by atoms with van der Waals surface area (Å²) in [6, 6.07) is 9.93. The van der Waals surface area contributed by atoms with Gasteiger partial charge < -0.3 is 4.74 Å². The molecule has 0 saturated heterocycles. The lowest BCUT2D eigenvalue weighted by atomic mass is 10.1. The number of nitrogens with zero attached hydrogens (tertiary/aromatic N) is 2. The van der Waals surface area contributed by atoms with Crippen LogP contribution in [0.3, 0.4) is 0 Å². The van der Waals surface area contributed by atoms with Crippen LogP contribution >= 0.6 is 0 Å². The Morgan fingerprint density at radius 1 is 1.36 bits per heavy atom. The van der Waals surface area contributed by atoms with Crippen LogP contribution in [0.1, 0.15) is 32.3 Å². The average Bonchev–Trinajstić information content (AvgIpc) is 2.47. The first-order valence-corrected chi connectivity index (χ1v) is 7.58. The van der Waals surface area contributed by atoms with Gasteiger partial charge in [0, 0.05) is 23.9 Å². The fourth-order valence-electron chi connectivity index (χ4n) is 2.26. The summed E-state index contributed by atoms with van der Waals surface area (Å²) in [7, 11) is 0. The molecular formula is C16H24N2O4. The van der Waals surface area contributed by atoms with Crippen molar-refractivity contribution in [2.75, 3.05) is 19.7 Å². The van der Waals surface area contributed by atoms with Crippen LogP contribution in [0.15, 0.2) is 30.3 Å². The first kappa shape index (κ1) is 18.1. The highest BCUT2D eigenvalue weighted by atomic mass is 16.6. The molecule has 1 aromatic rings. The van der Waals surface area contributed by atoms with Crippen LogP contribution in [-0.2, 0) is 16.1 Å². The molecule has 0 aliphatic heterocycles. The summed E-state index contributed by atoms with van der Waals surface area (Å²) >= 11 is 0. The van der Waals surface area contributed by atoms with Crippen molar-refractivity contribution in [1.82, 2.24) is 4.90 Å². The Hall–Kier alpha value is -1.95. The van der Waals surface area contributed by atoms with Crippen molar-refractivity contribution in [3.8, 4) is 0 Å². The van der Waals surface area contributed by atoms with E-state index < -0.39 is 0 Å². The summed E-state index contributed by atoms with van der Waals surface area (Å²) in [5.74, 6) is -0.264. The predicted molar refractivity (Wildman–Crippen MR) is 84.0 cm³/mol. The van der Waals surface area contributed by atoms with Crippen LogP contribution in [0.4, 0.5) is 0 Å². The normalized spacial score (nSPS) is 12.1. The Kier molecular flexibility index (Phi) is 8.14. The number of benzene rings is 1. The van der Waals surface area contributed by atoms with E-state index in [-0.39, 0.29) is 30.0 Å². The maximum atomic E-state index is 11.8. The lowest BCUT2D eigenvalue weighted by Crippen LogP contribution is -2.37. The molecule has 0 aliphatic carbocycles. The summed E-state index contributed by atoms with van der Waals surface area (Å²) in [5.41, 5.74) is 1.10. The fraction of sp³-hybridized carbons (Fsp3) is 0.562. The van der Waals surface area contributed by atoms with E-state index in [1.165, 1.54) is 0 Å². The lowest BCUT2D eigenvalue weighted by molar-refractivity contribution is -0.480. The van der Waals surface area contributed by atoms with E-state index in [0.717, 1.165) is 5.56 Å². The number of carbonyl (C=O) groups is 1. The van der Waals surface area contributed by atoms with Crippen molar-refractivity contribution >= 4 is 5.97 Å². The Balaban J connectivity index is 2.63. The Labute approximate surface area is 131 Å². The number of rotatable bonds is 10. The van der Waals surface area contributed by atoms with E-state index in [1.54, 1.807) is 6.92 Å². The molecule has 1 aromatic carbocycles. The molecular weight excluding hydrogens is 284 g/mol. The van der Waals surface area contributed by atoms with Crippen LogP contribution in [0.5, 0.6) is 0 Å². The minimum Gasteiger partial charge on any atom is -0.465 e. The minimum atomic E-state index is -0.306. The largest absolute Gasteiger partial charge is 0.465 e. The molecule has 6 nitrogen and oxygen atoms in total. The first-order chi connectivity index (χ1) is 10.5. The van der Waals surface area contributed by atoms with Crippen LogP contribution in [0, 0.1) is 10.1 Å². The second kappa shape index (κ2) is 9.89. The average molecular weight is 308 g/mol. The summed E-state index contributed by atoms with van der Waals surface area (Å²) in [4.78, 5) is 23.9. The van der Waals surface area contributed by atoms with Gasteiger partial charge >= 0.3 is 5.97 Å². The topological polar surface area (TPSA) is 72.7 Å². The predicted octanol–water partition coefficient (Wildman–Crippen LogP) is 2.50. The number of nitro groups is 1. The van der Waals surface area contributed by atoms with Gasteiger partial charge in [-0.25, -0.2) is 0 Å². The molecule has 0 spiro atoms. The Morgan fingerprint density at radius 2 is 2.05 bits per heavy atom. The standard InChI is InChI=1S/C16H24N2O4/c1-3-22-16(19)13-17(12-15-9-5-4-6-10-15)14(2)8-7-11-18(20)21/h4-6,9-10,14H,3,7-8,11-13H2,1-2H3. The molecule has 6 heteroatoms. The summed E-state index contributed by atoms with van der Waals surface area (Å²) in [6.07, 6.45) is 1.18. The third kappa shape index (κ3) is 7.17. The number of carbonyl (C=O) groups excluding carboxylic acids is 1. The highest BCUT2D eigenvalue weighted by Gasteiger charge is 2.19. The quantitative estimate of drug-likeness (QED) is 0.377. The maximum Gasteiger partial charge on any atom is 0.320 e. The second-order valence-electron chi connectivity index (χ2n) is 5.24.